The molecule has 2 aromatic rings. The maximum atomic E-state index is 11.8. The Morgan fingerprint density at radius 1 is 1.56 bits per heavy atom. The van der Waals surface area contributed by atoms with E-state index in [9.17, 15) is 4.79 Å². The Hall–Kier alpha value is -2.18. The summed E-state index contributed by atoms with van der Waals surface area (Å²) in [6.45, 7) is 3.80. The Morgan fingerprint density at radius 2 is 2.38 bits per heavy atom. The number of aromatic nitrogens is 4. The smallest absolute Gasteiger partial charge is 0.255 e. The van der Waals surface area contributed by atoms with Crippen molar-refractivity contribution in [1.29, 1.82) is 0 Å². The summed E-state index contributed by atoms with van der Waals surface area (Å²) in [7, 11) is 0. The first-order valence-corrected chi connectivity index (χ1v) is 4.73. The van der Waals surface area contributed by atoms with E-state index in [2.05, 4.69) is 30.2 Å². The number of amides is 1. The molecule has 16 heavy (non-hydrogen) atoms. The van der Waals surface area contributed by atoms with Crippen molar-refractivity contribution in [2.24, 2.45) is 0 Å². The SMILES string of the molecule is Cc1n[nH]c(C)c1C(=O)NCc1ncon1. The first kappa shape index (κ1) is 10.3. The van der Waals surface area contributed by atoms with E-state index in [4.69, 9.17) is 0 Å². The first-order valence-electron chi connectivity index (χ1n) is 4.73. The summed E-state index contributed by atoms with van der Waals surface area (Å²) in [6, 6.07) is 0. The molecular formula is C9H11N5O2. The molecule has 84 valence electrons. The number of hydrogen-bond donors (Lipinski definition) is 2. The molecule has 2 aromatic heterocycles. The lowest BCUT2D eigenvalue weighted by atomic mass is 10.2. The molecule has 0 spiro atoms. The highest BCUT2D eigenvalue weighted by molar-refractivity contribution is 5.96. The standard InChI is InChI=1S/C9H11N5O2/c1-5-8(6(2)13-12-5)9(15)10-3-7-11-4-16-14-7/h4H,3H2,1-2H3,(H,10,15)(H,12,13). The summed E-state index contributed by atoms with van der Waals surface area (Å²) in [5.41, 5.74) is 1.97. The Bertz CT molecular complexity index is 468. The van der Waals surface area contributed by atoms with Crippen LogP contribution < -0.4 is 5.32 Å². The van der Waals surface area contributed by atoms with Crippen LogP contribution in [0.15, 0.2) is 10.9 Å². The van der Waals surface area contributed by atoms with Crippen LogP contribution in [0, 0.1) is 13.8 Å². The molecule has 2 heterocycles. The highest BCUT2D eigenvalue weighted by Gasteiger charge is 2.15. The topological polar surface area (TPSA) is 96.7 Å². The Balaban J connectivity index is 2.04. The third-order valence-electron chi connectivity index (χ3n) is 2.17. The molecule has 0 aliphatic rings. The molecule has 2 rings (SSSR count). The van der Waals surface area contributed by atoms with E-state index >= 15 is 0 Å². The van der Waals surface area contributed by atoms with Crippen LogP contribution in [0.3, 0.4) is 0 Å². The van der Waals surface area contributed by atoms with Crippen molar-refractivity contribution in [3.63, 3.8) is 0 Å². The largest absolute Gasteiger partial charge is 0.344 e. The van der Waals surface area contributed by atoms with Crippen molar-refractivity contribution in [1.82, 2.24) is 25.7 Å². The molecule has 0 fully saturated rings. The predicted octanol–water partition coefficient (Wildman–Crippen LogP) is 0.340. The molecule has 0 unspecified atom stereocenters. The van der Waals surface area contributed by atoms with Gasteiger partial charge in [-0.25, -0.2) is 0 Å². The molecule has 7 nitrogen and oxygen atoms in total. The number of aromatic amines is 1. The maximum absolute atomic E-state index is 11.8. The molecule has 0 atom stereocenters. The molecular weight excluding hydrogens is 210 g/mol. The summed E-state index contributed by atoms with van der Waals surface area (Å²) >= 11 is 0. The molecule has 1 amide bonds. The summed E-state index contributed by atoms with van der Waals surface area (Å²) < 4.78 is 4.55. The van der Waals surface area contributed by atoms with E-state index in [-0.39, 0.29) is 12.5 Å². The molecule has 0 aromatic carbocycles. The van der Waals surface area contributed by atoms with Crippen LogP contribution >= 0.6 is 0 Å². The fourth-order valence-electron chi connectivity index (χ4n) is 1.40. The lowest BCUT2D eigenvalue weighted by Gasteiger charge is -2.01. The average Bonchev–Trinajstić information content (AvgIpc) is 2.86. The van der Waals surface area contributed by atoms with Gasteiger partial charge in [0.15, 0.2) is 5.82 Å². The van der Waals surface area contributed by atoms with Gasteiger partial charge in [0.25, 0.3) is 5.91 Å². The number of nitrogens with zero attached hydrogens (tertiary/aromatic N) is 3. The second-order valence-electron chi connectivity index (χ2n) is 3.34. The molecule has 0 saturated carbocycles. The van der Waals surface area contributed by atoms with Crippen LogP contribution in [0.25, 0.3) is 0 Å². The lowest BCUT2D eigenvalue weighted by molar-refractivity contribution is 0.0948. The van der Waals surface area contributed by atoms with Crippen LogP contribution in [-0.4, -0.2) is 26.2 Å². The monoisotopic (exact) mass is 221 g/mol. The molecule has 7 heteroatoms. The van der Waals surface area contributed by atoms with E-state index in [0.717, 1.165) is 5.69 Å². The van der Waals surface area contributed by atoms with Crippen LogP contribution in [0.2, 0.25) is 0 Å². The fourth-order valence-corrected chi connectivity index (χ4v) is 1.40. The maximum Gasteiger partial charge on any atom is 0.255 e. The van der Waals surface area contributed by atoms with Crippen LogP contribution in [0.4, 0.5) is 0 Å². The van der Waals surface area contributed by atoms with Crippen LogP contribution in [0.1, 0.15) is 27.6 Å². The minimum Gasteiger partial charge on any atom is -0.344 e. The highest BCUT2D eigenvalue weighted by Crippen LogP contribution is 2.08. The van der Waals surface area contributed by atoms with Crippen molar-refractivity contribution in [2.75, 3.05) is 0 Å². The van der Waals surface area contributed by atoms with Gasteiger partial charge in [-0.05, 0) is 13.8 Å². The summed E-state index contributed by atoms with van der Waals surface area (Å²) in [4.78, 5) is 15.6. The zero-order valence-corrected chi connectivity index (χ0v) is 8.94. The number of nitrogens with one attached hydrogen (secondary N) is 2. The van der Waals surface area contributed by atoms with Gasteiger partial charge >= 0.3 is 0 Å². The van der Waals surface area contributed by atoms with Crippen molar-refractivity contribution in [3.05, 3.63) is 29.2 Å². The van der Waals surface area contributed by atoms with Crippen LogP contribution in [0.5, 0.6) is 0 Å². The normalized spacial score (nSPS) is 10.4. The van der Waals surface area contributed by atoms with Gasteiger partial charge in [-0.2, -0.15) is 10.1 Å². The summed E-state index contributed by atoms with van der Waals surface area (Å²) in [6.07, 6.45) is 1.22. The highest BCUT2D eigenvalue weighted by atomic mass is 16.5. The number of carbonyl (C=O) groups is 1. The molecule has 0 radical (unpaired) electrons. The van der Waals surface area contributed by atoms with Gasteiger partial charge in [-0.3, -0.25) is 9.89 Å². The number of carbonyl (C=O) groups excluding carboxylic acids is 1. The minimum absolute atomic E-state index is 0.200. The quantitative estimate of drug-likeness (QED) is 0.778. The second kappa shape index (κ2) is 4.13. The number of aryl methyl sites for hydroxylation is 2. The van der Waals surface area contributed by atoms with Gasteiger partial charge in [0.2, 0.25) is 6.39 Å². The van der Waals surface area contributed by atoms with Gasteiger partial charge in [0.1, 0.15) is 0 Å². The molecule has 0 aliphatic heterocycles. The number of rotatable bonds is 3. The Morgan fingerprint density at radius 3 is 2.94 bits per heavy atom. The average molecular weight is 221 g/mol. The van der Waals surface area contributed by atoms with Gasteiger partial charge in [-0.1, -0.05) is 5.16 Å². The first-order chi connectivity index (χ1) is 7.68. The van der Waals surface area contributed by atoms with Crippen molar-refractivity contribution in [3.8, 4) is 0 Å². The molecule has 0 aliphatic carbocycles. The summed E-state index contributed by atoms with van der Waals surface area (Å²) in [5.74, 6) is 0.237. The van der Waals surface area contributed by atoms with E-state index < -0.39 is 0 Å². The Kier molecular flexibility index (Phi) is 2.67. The van der Waals surface area contributed by atoms with E-state index in [1.807, 2.05) is 0 Å². The van der Waals surface area contributed by atoms with Crippen molar-refractivity contribution < 1.29 is 9.32 Å². The number of hydrogen-bond acceptors (Lipinski definition) is 5. The second-order valence-corrected chi connectivity index (χ2v) is 3.34. The lowest BCUT2D eigenvalue weighted by Crippen LogP contribution is -2.24. The number of H-pyrrole nitrogens is 1. The predicted molar refractivity (Wildman–Crippen MR) is 53.5 cm³/mol. The fraction of sp³-hybridized carbons (Fsp3) is 0.333. The molecule has 0 saturated heterocycles. The molecule has 0 bridgehead atoms. The third kappa shape index (κ3) is 1.92. The zero-order chi connectivity index (χ0) is 11.5. The molecule has 2 N–H and O–H groups in total. The van der Waals surface area contributed by atoms with E-state index in [1.54, 1.807) is 13.8 Å². The van der Waals surface area contributed by atoms with E-state index in [0.29, 0.717) is 17.1 Å². The van der Waals surface area contributed by atoms with Gasteiger partial charge in [0, 0.05) is 5.69 Å². The van der Waals surface area contributed by atoms with Gasteiger partial charge < -0.3 is 9.84 Å². The van der Waals surface area contributed by atoms with Crippen LogP contribution in [-0.2, 0) is 6.54 Å². The summed E-state index contributed by atoms with van der Waals surface area (Å²) in [5, 5.41) is 13.0. The van der Waals surface area contributed by atoms with E-state index in [1.165, 1.54) is 6.39 Å². The van der Waals surface area contributed by atoms with Gasteiger partial charge in [-0.15, -0.1) is 0 Å². The minimum atomic E-state index is -0.200. The van der Waals surface area contributed by atoms with Crippen molar-refractivity contribution in [2.45, 2.75) is 20.4 Å². The third-order valence-corrected chi connectivity index (χ3v) is 2.17. The Labute approximate surface area is 91.2 Å². The van der Waals surface area contributed by atoms with Crippen molar-refractivity contribution >= 4 is 5.91 Å². The van der Waals surface area contributed by atoms with Gasteiger partial charge in [0.05, 0.1) is 17.8 Å². The zero-order valence-electron chi connectivity index (χ0n) is 8.94.